The van der Waals surface area contributed by atoms with Crippen molar-refractivity contribution >= 4 is 11.6 Å². The number of ether oxygens (including phenoxy) is 1. The first-order valence-electron chi connectivity index (χ1n) is 6.89. The third-order valence-corrected chi connectivity index (χ3v) is 3.15. The third-order valence-electron chi connectivity index (χ3n) is 3.15. The van der Waals surface area contributed by atoms with Crippen LogP contribution < -0.4 is 15.4 Å². The second-order valence-electron chi connectivity index (χ2n) is 4.81. The monoisotopic (exact) mass is 280 g/mol. The first-order valence-corrected chi connectivity index (χ1v) is 6.89. The van der Waals surface area contributed by atoms with Crippen LogP contribution in [0, 0.1) is 0 Å². The van der Waals surface area contributed by atoms with Crippen LogP contribution in [-0.4, -0.2) is 31.2 Å². The zero-order chi connectivity index (χ0) is 15.1. The van der Waals surface area contributed by atoms with Gasteiger partial charge >= 0.3 is 0 Å². The lowest BCUT2D eigenvalue weighted by Gasteiger charge is -2.27. The number of unbranched alkanes of at least 4 members (excludes halogenated alkanes) is 1. The molecule has 0 heterocycles. The number of hydrogen-bond donors (Lipinski definition) is 2. The van der Waals surface area contributed by atoms with Crippen LogP contribution in [0.25, 0.3) is 0 Å². The summed E-state index contributed by atoms with van der Waals surface area (Å²) in [5, 5.41) is 10.0. The summed E-state index contributed by atoms with van der Waals surface area (Å²) in [4.78, 5) is 13.2. The van der Waals surface area contributed by atoms with Crippen molar-refractivity contribution in [2.75, 3.05) is 25.1 Å². The summed E-state index contributed by atoms with van der Waals surface area (Å²) >= 11 is 0. The molecule has 5 nitrogen and oxygen atoms in total. The van der Waals surface area contributed by atoms with Crippen molar-refractivity contribution in [1.82, 2.24) is 0 Å². The number of rotatable bonds is 8. The van der Waals surface area contributed by atoms with Crippen molar-refractivity contribution in [1.29, 1.82) is 0 Å². The van der Waals surface area contributed by atoms with Gasteiger partial charge in [0.2, 0.25) is 5.91 Å². The van der Waals surface area contributed by atoms with Gasteiger partial charge in [-0.2, -0.15) is 0 Å². The minimum Gasteiger partial charge on any atom is -0.496 e. The van der Waals surface area contributed by atoms with E-state index in [0.717, 1.165) is 18.5 Å². The Hall–Kier alpha value is -1.75. The van der Waals surface area contributed by atoms with E-state index in [-0.39, 0.29) is 12.5 Å². The molecular weight excluding hydrogens is 256 g/mol. The maximum Gasteiger partial charge on any atom is 0.236 e. The molecule has 3 N–H and O–H groups in total. The molecule has 0 fully saturated rings. The number of nitrogens with two attached hydrogens (primary N) is 1. The Bertz CT molecular complexity index is 447. The lowest BCUT2D eigenvalue weighted by Crippen LogP contribution is -2.35. The first kappa shape index (κ1) is 16.3. The molecule has 112 valence electrons. The van der Waals surface area contributed by atoms with Gasteiger partial charge in [0.05, 0.1) is 19.8 Å². The van der Waals surface area contributed by atoms with Crippen molar-refractivity contribution in [3.05, 3.63) is 23.8 Å². The van der Waals surface area contributed by atoms with Crippen LogP contribution in [-0.2, 0) is 4.79 Å². The minimum atomic E-state index is -0.682. The van der Waals surface area contributed by atoms with Gasteiger partial charge in [0.25, 0.3) is 0 Å². The molecule has 0 saturated heterocycles. The lowest BCUT2D eigenvalue weighted by molar-refractivity contribution is -0.116. The topological polar surface area (TPSA) is 75.8 Å². The molecule has 0 aromatic heterocycles. The fourth-order valence-corrected chi connectivity index (χ4v) is 2.23. The molecule has 0 aliphatic rings. The average Bonchev–Trinajstić information content (AvgIpc) is 2.41. The number of aliphatic hydroxyl groups is 1. The highest BCUT2D eigenvalue weighted by Crippen LogP contribution is 2.34. The Labute approximate surface area is 120 Å². The zero-order valence-corrected chi connectivity index (χ0v) is 12.4. The van der Waals surface area contributed by atoms with Crippen LogP contribution in [0.1, 0.15) is 38.4 Å². The number of methoxy groups -OCH3 is 1. The van der Waals surface area contributed by atoms with Crippen molar-refractivity contribution in [2.45, 2.75) is 32.8 Å². The summed E-state index contributed by atoms with van der Waals surface area (Å²) in [6.45, 7) is 4.62. The Morgan fingerprint density at radius 1 is 1.50 bits per heavy atom. The van der Waals surface area contributed by atoms with E-state index < -0.39 is 6.10 Å². The number of carbonyl (C=O) groups is 1. The smallest absolute Gasteiger partial charge is 0.236 e. The molecule has 0 spiro atoms. The fraction of sp³-hybridized carbons (Fsp3) is 0.533. The van der Waals surface area contributed by atoms with Gasteiger partial charge in [-0.05, 0) is 25.5 Å². The van der Waals surface area contributed by atoms with Gasteiger partial charge in [0.15, 0.2) is 0 Å². The summed E-state index contributed by atoms with van der Waals surface area (Å²) in [7, 11) is 1.56. The van der Waals surface area contributed by atoms with E-state index in [2.05, 4.69) is 6.92 Å². The van der Waals surface area contributed by atoms with E-state index in [1.165, 1.54) is 0 Å². The number of aliphatic hydroxyl groups excluding tert-OH is 1. The van der Waals surface area contributed by atoms with Crippen LogP contribution in [0.3, 0.4) is 0 Å². The second-order valence-corrected chi connectivity index (χ2v) is 4.81. The van der Waals surface area contributed by atoms with Gasteiger partial charge < -0.3 is 20.5 Å². The molecule has 1 unspecified atom stereocenters. The van der Waals surface area contributed by atoms with Gasteiger partial charge in [0.1, 0.15) is 5.75 Å². The van der Waals surface area contributed by atoms with Crippen molar-refractivity contribution in [2.24, 2.45) is 5.73 Å². The third kappa shape index (κ3) is 4.13. The number of benzene rings is 1. The molecule has 5 heteroatoms. The largest absolute Gasteiger partial charge is 0.496 e. The summed E-state index contributed by atoms with van der Waals surface area (Å²) in [5.41, 5.74) is 6.81. The second kappa shape index (κ2) is 7.75. The Morgan fingerprint density at radius 3 is 2.70 bits per heavy atom. The average molecular weight is 280 g/mol. The number of primary amides is 1. The Balaban J connectivity index is 3.19. The molecule has 0 radical (unpaired) electrons. The lowest BCUT2D eigenvalue weighted by atomic mass is 10.1. The van der Waals surface area contributed by atoms with Crippen LogP contribution in [0.4, 0.5) is 5.69 Å². The van der Waals surface area contributed by atoms with Gasteiger partial charge in [-0.15, -0.1) is 0 Å². The molecule has 1 atom stereocenters. The summed E-state index contributed by atoms with van der Waals surface area (Å²) in [6, 6.07) is 5.52. The molecule has 0 aliphatic carbocycles. The van der Waals surface area contributed by atoms with Gasteiger partial charge in [-0.1, -0.05) is 19.4 Å². The summed E-state index contributed by atoms with van der Waals surface area (Å²) < 4.78 is 5.30. The van der Waals surface area contributed by atoms with Gasteiger partial charge in [-0.25, -0.2) is 0 Å². The molecule has 1 rings (SSSR count). The number of amides is 1. The van der Waals surface area contributed by atoms with Crippen LogP contribution in [0.5, 0.6) is 5.75 Å². The van der Waals surface area contributed by atoms with E-state index in [1.807, 2.05) is 17.0 Å². The van der Waals surface area contributed by atoms with Crippen molar-refractivity contribution < 1.29 is 14.6 Å². The normalized spacial score (nSPS) is 12.0. The van der Waals surface area contributed by atoms with E-state index in [4.69, 9.17) is 10.5 Å². The number of anilines is 1. The molecule has 1 amide bonds. The highest BCUT2D eigenvalue weighted by atomic mass is 16.5. The molecule has 0 bridgehead atoms. The predicted molar refractivity (Wildman–Crippen MR) is 79.9 cm³/mol. The maximum atomic E-state index is 11.3. The number of nitrogens with zero attached hydrogens (tertiary/aromatic N) is 1. The van der Waals surface area contributed by atoms with Crippen LogP contribution in [0.2, 0.25) is 0 Å². The standard InChI is InChI=1S/C15H24N2O3/c1-4-5-9-17(10-14(16)19)12-7-6-8-13(20-3)15(12)11(2)18/h6-8,11,18H,4-5,9-10H2,1-3H3,(H2,16,19). The highest BCUT2D eigenvalue weighted by molar-refractivity contribution is 5.80. The molecule has 20 heavy (non-hydrogen) atoms. The number of hydrogen-bond acceptors (Lipinski definition) is 4. The van der Waals surface area contributed by atoms with Crippen LogP contribution in [0.15, 0.2) is 18.2 Å². The first-order chi connectivity index (χ1) is 9.51. The molecular formula is C15H24N2O3. The van der Waals surface area contributed by atoms with Crippen LogP contribution >= 0.6 is 0 Å². The Morgan fingerprint density at radius 2 is 2.20 bits per heavy atom. The van der Waals surface area contributed by atoms with E-state index in [0.29, 0.717) is 17.9 Å². The van der Waals surface area contributed by atoms with Crippen molar-refractivity contribution in [3.8, 4) is 5.75 Å². The maximum absolute atomic E-state index is 11.3. The molecule has 0 saturated carbocycles. The quantitative estimate of drug-likeness (QED) is 0.762. The molecule has 0 aliphatic heterocycles. The van der Waals surface area contributed by atoms with E-state index >= 15 is 0 Å². The van der Waals surface area contributed by atoms with Gasteiger partial charge in [-0.3, -0.25) is 4.79 Å². The van der Waals surface area contributed by atoms with Gasteiger partial charge in [0, 0.05) is 17.8 Å². The summed E-state index contributed by atoms with van der Waals surface area (Å²) in [5.74, 6) is 0.226. The fourth-order valence-electron chi connectivity index (χ4n) is 2.23. The number of carbonyl (C=O) groups excluding carboxylic acids is 1. The van der Waals surface area contributed by atoms with E-state index in [1.54, 1.807) is 20.1 Å². The molecule has 1 aromatic carbocycles. The minimum absolute atomic E-state index is 0.132. The molecule has 1 aromatic rings. The predicted octanol–water partition coefficient (Wildman–Crippen LogP) is 1.84. The summed E-state index contributed by atoms with van der Waals surface area (Å²) in [6.07, 6.45) is 1.28. The van der Waals surface area contributed by atoms with Crippen molar-refractivity contribution in [3.63, 3.8) is 0 Å². The Kier molecular flexibility index (Phi) is 6.31. The zero-order valence-electron chi connectivity index (χ0n) is 12.4. The highest BCUT2D eigenvalue weighted by Gasteiger charge is 2.19. The SMILES string of the molecule is CCCCN(CC(N)=O)c1cccc(OC)c1C(C)O. The van der Waals surface area contributed by atoms with E-state index in [9.17, 15) is 9.90 Å².